The number of nitrogens with zero attached hydrogens (tertiary/aromatic N) is 1. The van der Waals surface area contributed by atoms with Crippen molar-refractivity contribution in [2.24, 2.45) is 10.7 Å². The second kappa shape index (κ2) is 4.76. The molecule has 0 saturated heterocycles. The lowest BCUT2D eigenvalue weighted by Crippen LogP contribution is -2.13. The molecule has 0 saturated carbocycles. The van der Waals surface area contributed by atoms with Crippen molar-refractivity contribution in [3.63, 3.8) is 0 Å². The van der Waals surface area contributed by atoms with Gasteiger partial charge in [-0.1, -0.05) is 41.7 Å². The standard InChI is InChI=1S/C11H11N3OS/c12-10(8-4-2-1-3-5-8)13-6-9-7-16-11(15)14-9/h1-5,7H,6H2,(H2,12,13)(H,14,15). The molecule has 1 aromatic heterocycles. The van der Waals surface area contributed by atoms with E-state index in [1.54, 1.807) is 5.38 Å². The van der Waals surface area contributed by atoms with Crippen LogP contribution in [0.25, 0.3) is 0 Å². The van der Waals surface area contributed by atoms with Crippen LogP contribution < -0.4 is 10.6 Å². The Balaban J connectivity index is 2.11. The van der Waals surface area contributed by atoms with Crippen LogP contribution in [0.5, 0.6) is 0 Å². The Hall–Kier alpha value is -1.88. The van der Waals surface area contributed by atoms with Crippen LogP contribution in [0, 0.1) is 0 Å². The van der Waals surface area contributed by atoms with Gasteiger partial charge in [-0.2, -0.15) is 0 Å². The Morgan fingerprint density at radius 1 is 1.38 bits per heavy atom. The normalized spacial score (nSPS) is 11.6. The minimum Gasteiger partial charge on any atom is -0.383 e. The van der Waals surface area contributed by atoms with Gasteiger partial charge in [0.25, 0.3) is 0 Å². The second-order valence-electron chi connectivity index (χ2n) is 3.24. The van der Waals surface area contributed by atoms with Crippen molar-refractivity contribution in [1.82, 2.24) is 4.98 Å². The van der Waals surface area contributed by atoms with Gasteiger partial charge in [-0.25, -0.2) is 0 Å². The van der Waals surface area contributed by atoms with Gasteiger partial charge in [-0.05, 0) is 0 Å². The summed E-state index contributed by atoms with van der Waals surface area (Å²) in [5.41, 5.74) is 7.49. The topological polar surface area (TPSA) is 71.2 Å². The lowest BCUT2D eigenvalue weighted by Gasteiger charge is -1.99. The molecule has 2 aromatic rings. The molecule has 0 aliphatic rings. The zero-order valence-electron chi connectivity index (χ0n) is 8.51. The summed E-state index contributed by atoms with van der Waals surface area (Å²) in [5.74, 6) is 0.479. The first-order valence-electron chi connectivity index (χ1n) is 4.78. The second-order valence-corrected chi connectivity index (χ2v) is 4.08. The first-order valence-corrected chi connectivity index (χ1v) is 5.66. The lowest BCUT2D eigenvalue weighted by atomic mass is 10.2. The maximum atomic E-state index is 10.9. The Kier molecular flexibility index (Phi) is 3.16. The predicted octanol–water partition coefficient (Wildman–Crippen LogP) is 1.34. The fourth-order valence-electron chi connectivity index (χ4n) is 1.26. The van der Waals surface area contributed by atoms with E-state index < -0.39 is 0 Å². The Bertz CT molecular complexity index is 542. The summed E-state index contributed by atoms with van der Waals surface area (Å²) in [6.07, 6.45) is 0. The number of amidine groups is 1. The number of nitrogens with two attached hydrogens (primary N) is 1. The van der Waals surface area contributed by atoms with Crippen LogP contribution in [-0.4, -0.2) is 10.8 Å². The monoisotopic (exact) mass is 233 g/mol. The van der Waals surface area contributed by atoms with Gasteiger partial charge in [0.1, 0.15) is 5.84 Å². The first-order chi connectivity index (χ1) is 7.75. The van der Waals surface area contributed by atoms with Crippen molar-refractivity contribution >= 4 is 17.2 Å². The molecule has 1 heterocycles. The van der Waals surface area contributed by atoms with Gasteiger partial charge in [0.2, 0.25) is 0 Å². The third kappa shape index (κ3) is 2.58. The lowest BCUT2D eigenvalue weighted by molar-refractivity contribution is 0.997. The Labute approximate surface area is 96.5 Å². The van der Waals surface area contributed by atoms with E-state index in [0.717, 1.165) is 22.6 Å². The van der Waals surface area contributed by atoms with Crippen LogP contribution in [0.3, 0.4) is 0 Å². The summed E-state index contributed by atoms with van der Waals surface area (Å²) >= 11 is 1.13. The Morgan fingerprint density at radius 2 is 2.12 bits per heavy atom. The molecular weight excluding hydrogens is 222 g/mol. The van der Waals surface area contributed by atoms with Crippen LogP contribution in [0.1, 0.15) is 11.3 Å². The first kappa shape index (κ1) is 10.6. The van der Waals surface area contributed by atoms with E-state index in [0.29, 0.717) is 12.4 Å². The third-order valence-corrected chi connectivity index (χ3v) is 2.78. The van der Waals surface area contributed by atoms with Crippen LogP contribution in [0.15, 0.2) is 45.5 Å². The van der Waals surface area contributed by atoms with Crippen LogP contribution in [0.2, 0.25) is 0 Å². The number of nitrogens with one attached hydrogen (secondary N) is 1. The van der Waals surface area contributed by atoms with Gasteiger partial charge >= 0.3 is 4.87 Å². The minimum absolute atomic E-state index is 0.0662. The van der Waals surface area contributed by atoms with Crippen molar-refractivity contribution in [1.29, 1.82) is 0 Å². The van der Waals surface area contributed by atoms with E-state index in [2.05, 4.69) is 9.98 Å². The smallest absolute Gasteiger partial charge is 0.304 e. The van der Waals surface area contributed by atoms with Gasteiger partial charge in [-0.3, -0.25) is 9.79 Å². The number of aliphatic imine (C=N–C) groups is 1. The fourth-order valence-corrected chi connectivity index (χ4v) is 1.83. The van der Waals surface area contributed by atoms with Crippen LogP contribution in [0.4, 0.5) is 0 Å². The van der Waals surface area contributed by atoms with Crippen molar-refractivity contribution in [3.05, 3.63) is 56.6 Å². The number of aromatic amines is 1. The number of thiazole rings is 1. The van der Waals surface area contributed by atoms with Crippen LogP contribution in [-0.2, 0) is 6.54 Å². The summed E-state index contributed by atoms with van der Waals surface area (Å²) in [4.78, 5) is 17.7. The summed E-state index contributed by atoms with van der Waals surface area (Å²) in [6, 6.07) is 9.53. The molecule has 0 atom stereocenters. The summed E-state index contributed by atoms with van der Waals surface area (Å²) < 4.78 is 0. The average Bonchev–Trinajstić information content (AvgIpc) is 2.73. The fraction of sp³-hybridized carbons (Fsp3) is 0.0909. The number of aromatic nitrogens is 1. The quantitative estimate of drug-likeness (QED) is 0.620. The van der Waals surface area contributed by atoms with Gasteiger partial charge < -0.3 is 10.7 Å². The minimum atomic E-state index is -0.0662. The van der Waals surface area contributed by atoms with E-state index in [4.69, 9.17) is 5.73 Å². The number of hydrogen-bond donors (Lipinski definition) is 2. The molecule has 0 fully saturated rings. The highest BCUT2D eigenvalue weighted by molar-refractivity contribution is 7.07. The van der Waals surface area contributed by atoms with Crippen molar-refractivity contribution in [2.45, 2.75) is 6.54 Å². The van der Waals surface area contributed by atoms with E-state index in [1.807, 2.05) is 30.3 Å². The van der Waals surface area contributed by atoms with E-state index in [-0.39, 0.29) is 4.87 Å². The molecule has 0 radical (unpaired) electrons. The van der Waals surface area contributed by atoms with E-state index >= 15 is 0 Å². The number of hydrogen-bond acceptors (Lipinski definition) is 3. The maximum absolute atomic E-state index is 10.9. The van der Waals surface area contributed by atoms with Gasteiger partial charge in [0.15, 0.2) is 0 Å². The largest absolute Gasteiger partial charge is 0.383 e. The predicted molar refractivity (Wildman–Crippen MR) is 65.8 cm³/mol. The summed E-state index contributed by atoms with van der Waals surface area (Å²) in [6.45, 7) is 0.402. The summed E-state index contributed by atoms with van der Waals surface area (Å²) in [7, 11) is 0. The number of benzene rings is 1. The molecule has 0 spiro atoms. The molecule has 3 N–H and O–H groups in total. The van der Waals surface area contributed by atoms with Crippen LogP contribution >= 0.6 is 11.3 Å². The van der Waals surface area contributed by atoms with Gasteiger partial charge in [-0.15, -0.1) is 0 Å². The molecule has 0 aliphatic carbocycles. The highest BCUT2D eigenvalue weighted by Crippen LogP contribution is 2.01. The van der Waals surface area contributed by atoms with Gasteiger partial charge in [0, 0.05) is 10.9 Å². The van der Waals surface area contributed by atoms with Crippen molar-refractivity contribution in [3.8, 4) is 0 Å². The molecule has 0 bridgehead atoms. The molecule has 82 valence electrons. The molecule has 1 aromatic carbocycles. The molecule has 5 heteroatoms. The van der Waals surface area contributed by atoms with Gasteiger partial charge in [0.05, 0.1) is 12.2 Å². The van der Waals surface area contributed by atoms with E-state index in [1.165, 1.54) is 0 Å². The molecule has 0 amide bonds. The zero-order chi connectivity index (χ0) is 11.4. The molecule has 4 nitrogen and oxygen atoms in total. The highest BCUT2D eigenvalue weighted by Gasteiger charge is 1.98. The zero-order valence-corrected chi connectivity index (χ0v) is 9.33. The molecular formula is C11H11N3OS. The molecule has 0 unspecified atom stereocenters. The SMILES string of the molecule is NC(=NCc1csc(=O)[nH]1)c1ccccc1. The average molecular weight is 233 g/mol. The Morgan fingerprint density at radius 3 is 2.75 bits per heavy atom. The number of rotatable bonds is 3. The highest BCUT2D eigenvalue weighted by atomic mass is 32.1. The van der Waals surface area contributed by atoms with Crippen molar-refractivity contribution in [2.75, 3.05) is 0 Å². The van der Waals surface area contributed by atoms with Crippen molar-refractivity contribution < 1.29 is 0 Å². The molecule has 16 heavy (non-hydrogen) atoms. The maximum Gasteiger partial charge on any atom is 0.304 e. The molecule has 0 aliphatic heterocycles. The molecule has 2 rings (SSSR count). The summed E-state index contributed by atoms with van der Waals surface area (Å²) in [5, 5.41) is 1.75. The van der Waals surface area contributed by atoms with E-state index in [9.17, 15) is 4.79 Å². The third-order valence-electron chi connectivity index (χ3n) is 2.06. The number of H-pyrrole nitrogens is 1.